The molecule has 0 saturated heterocycles. The Morgan fingerprint density at radius 3 is 2.45 bits per heavy atom. The summed E-state index contributed by atoms with van der Waals surface area (Å²) in [6.07, 6.45) is 0.696. The average molecular weight is 401 g/mol. The molecule has 152 valence electrons. The number of alkyl halides is 3. The number of carbonyl (C=O) groups is 2. The molecule has 0 saturated carbocycles. The molecule has 2 aromatic carbocycles. The van der Waals surface area contributed by atoms with Gasteiger partial charge in [-0.25, -0.2) is 0 Å². The number of hydrogen-bond acceptors (Lipinski definition) is 3. The molecule has 0 aromatic heterocycles. The average Bonchev–Trinajstić information content (AvgIpc) is 2.68. The minimum Gasteiger partial charge on any atom is -0.300 e. The maximum Gasteiger partial charge on any atom is 0.416 e. The number of allylic oxidation sites excluding steroid dienone is 1. The molecule has 0 aliphatic heterocycles. The summed E-state index contributed by atoms with van der Waals surface area (Å²) >= 11 is 0. The smallest absolute Gasteiger partial charge is 0.300 e. The summed E-state index contributed by atoms with van der Waals surface area (Å²) in [6.45, 7) is 1.38. The molecule has 2 aromatic rings. The van der Waals surface area contributed by atoms with Gasteiger partial charge < -0.3 is 0 Å². The van der Waals surface area contributed by atoms with Crippen LogP contribution in [0.3, 0.4) is 0 Å². The Balaban J connectivity index is 2.00. The van der Waals surface area contributed by atoms with Gasteiger partial charge in [0, 0.05) is 19.1 Å². The first-order valence-corrected chi connectivity index (χ1v) is 9.19. The van der Waals surface area contributed by atoms with Crippen LogP contribution in [0.2, 0.25) is 0 Å². The molecule has 0 N–H and O–H groups in total. The number of ketones is 2. The third-order valence-corrected chi connectivity index (χ3v) is 4.21. The molecule has 2 rings (SSSR count). The van der Waals surface area contributed by atoms with E-state index in [4.69, 9.17) is 0 Å². The third kappa shape index (κ3) is 7.86. The van der Waals surface area contributed by atoms with Crippen LogP contribution in [0.5, 0.6) is 0 Å². The van der Waals surface area contributed by atoms with Gasteiger partial charge in [-0.05, 0) is 36.6 Å². The van der Waals surface area contributed by atoms with Gasteiger partial charge in [-0.15, -0.1) is 0 Å². The predicted molar refractivity (Wildman–Crippen MR) is 108 cm³/mol. The van der Waals surface area contributed by atoms with Crippen molar-refractivity contribution in [2.75, 3.05) is 0 Å². The lowest BCUT2D eigenvalue weighted by molar-refractivity contribution is -0.137. The van der Waals surface area contributed by atoms with Crippen LogP contribution in [0.4, 0.5) is 13.2 Å². The van der Waals surface area contributed by atoms with Crippen molar-refractivity contribution >= 4 is 23.9 Å². The molecule has 0 bridgehead atoms. The Bertz CT molecular complexity index is 886. The van der Waals surface area contributed by atoms with Crippen LogP contribution in [-0.4, -0.2) is 23.8 Å². The number of aryl methyl sites for hydroxylation is 1. The lowest BCUT2D eigenvalue weighted by atomic mass is 9.99. The SMILES string of the molecule is CC(=O)C[C@@H](/N=C\C=C\c1ccccc1)C(=O)CCc1cccc(C(F)(F)F)c1. The predicted octanol–water partition coefficient (Wildman–Crippen LogP) is 5.34. The molecule has 0 aliphatic carbocycles. The van der Waals surface area contributed by atoms with E-state index in [-0.39, 0.29) is 30.8 Å². The van der Waals surface area contributed by atoms with Crippen LogP contribution in [0.25, 0.3) is 6.08 Å². The summed E-state index contributed by atoms with van der Waals surface area (Å²) in [5.41, 5.74) is 0.646. The Morgan fingerprint density at radius 1 is 1.07 bits per heavy atom. The Hall–Kier alpha value is -3.02. The van der Waals surface area contributed by atoms with Gasteiger partial charge in [0.15, 0.2) is 5.78 Å². The van der Waals surface area contributed by atoms with E-state index < -0.39 is 17.8 Å². The zero-order valence-electron chi connectivity index (χ0n) is 16.0. The number of carbonyl (C=O) groups excluding carboxylic acids is 2. The molecule has 0 aliphatic rings. The van der Waals surface area contributed by atoms with E-state index in [1.165, 1.54) is 19.2 Å². The zero-order chi connectivity index (χ0) is 21.3. The molecule has 3 nitrogen and oxygen atoms in total. The molecule has 0 heterocycles. The monoisotopic (exact) mass is 401 g/mol. The molecule has 29 heavy (non-hydrogen) atoms. The molecular weight excluding hydrogens is 379 g/mol. The molecule has 0 amide bonds. The molecule has 0 spiro atoms. The maximum atomic E-state index is 12.8. The van der Waals surface area contributed by atoms with Crippen LogP contribution in [0.15, 0.2) is 65.7 Å². The minimum absolute atomic E-state index is 0.0129. The lowest BCUT2D eigenvalue weighted by Gasteiger charge is -2.11. The van der Waals surface area contributed by atoms with Crippen molar-refractivity contribution in [3.63, 3.8) is 0 Å². The largest absolute Gasteiger partial charge is 0.416 e. The lowest BCUT2D eigenvalue weighted by Crippen LogP contribution is -2.22. The summed E-state index contributed by atoms with van der Waals surface area (Å²) in [4.78, 5) is 28.1. The molecule has 0 fully saturated rings. The molecule has 1 atom stereocenters. The van der Waals surface area contributed by atoms with Crippen LogP contribution < -0.4 is 0 Å². The van der Waals surface area contributed by atoms with Gasteiger partial charge >= 0.3 is 6.18 Å². The van der Waals surface area contributed by atoms with Gasteiger partial charge in [0.2, 0.25) is 0 Å². The first-order valence-electron chi connectivity index (χ1n) is 9.19. The summed E-state index contributed by atoms with van der Waals surface area (Å²) < 4.78 is 38.4. The summed E-state index contributed by atoms with van der Waals surface area (Å²) in [5, 5.41) is 0. The number of hydrogen-bond donors (Lipinski definition) is 0. The molecular formula is C23H22F3NO2. The van der Waals surface area contributed by atoms with E-state index in [1.54, 1.807) is 12.1 Å². The number of halogens is 3. The summed E-state index contributed by atoms with van der Waals surface area (Å²) in [5.74, 6) is -0.450. The fourth-order valence-electron chi connectivity index (χ4n) is 2.73. The van der Waals surface area contributed by atoms with Crippen molar-refractivity contribution in [2.45, 2.75) is 38.4 Å². The van der Waals surface area contributed by atoms with Gasteiger partial charge in [-0.3, -0.25) is 14.6 Å². The van der Waals surface area contributed by atoms with Gasteiger partial charge in [0.05, 0.1) is 5.56 Å². The second-order valence-corrected chi connectivity index (χ2v) is 6.65. The van der Waals surface area contributed by atoms with E-state index in [9.17, 15) is 22.8 Å². The Kier molecular flexibility index (Phi) is 8.07. The third-order valence-electron chi connectivity index (χ3n) is 4.21. The minimum atomic E-state index is -4.42. The second kappa shape index (κ2) is 10.5. The maximum absolute atomic E-state index is 12.8. The van der Waals surface area contributed by atoms with Crippen molar-refractivity contribution in [2.24, 2.45) is 4.99 Å². The summed E-state index contributed by atoms with van der Waals surface area (Å²) in [7, 11) is 0. The first-order chi connectivity index (χ1) is 13.8. The van der Waals surface area contributed by atoms with Crippen LogP contribution in [0.1, 0.15) is 36.5 Å². The van der Waals surface area contributed by atoms with Gasteiger partial charge in [0.25, 0.3) is 0 Å². The number of benzene rings is 2. The van der Waals surface area contributed by atoms with Gasteiger partial charge in [0.1, 0.15) is 11.8 Å². The zero-order valence-corrected chi connectivity index (χ0v) is 16.0. The number of nitrogens with zero attached hydrogens (tertiary/aromatic N) is 1. The van der Waals surface area contributed by atoms with Crippen molar-refractivity contribution in [3.8, 4) is 0 Å². The standard InChI is InChI=1S/C23H22F3NO2/c1-17(28)15-21(27-14-6-10-18-7-3-2-4-8-18)22(29)13-12-19-9-5-11-20(16-19)23(24,25)26/h2-11,14,16,21H,12-13,15H2,1H3/b10-6+,27-14-/t21-/m1/s1. The van der Waals surface area contributed by atoms with E-state index in [0.29, 0.717) is 5.56 Å². The quantitative estimate of drug-likeness (QED) is 0.533. The molecule has 0 unspecified atom stereocenters. The van der Waals surface area contributed by atoms with Crippen LogP contribution >= 0.6 is 0 Å². The molecule has 6 heteroatoms. The van der Waals surface area contributed by atoms with Crippen molar-refractivity contribution in [1.29, 1.82) is 0 Å². The highest BCUT2D eigenvalue weighted by Crippen LogP contribution is 2.29. The molecule has 0 radical (unpaired) electrons. The van der Waals surface area contributed by atoms with Crippen LogP contribution in [0, 0.1) is 0 Å². The van der Waals surface area contributed by atoms with Crippen LogP contribution in [-0.2, 0) is 22.2 Å². The fraction of sp³-hybridized carbons (Fsp3) is 0.261. The Morgan fingerprint density at radius 2 is 1.79 bits per heavy atom. The highest BCUT2D eigenvalue weighted by Gasteiger charge is 2.30. The Labute approximate surface area is 168 Å². The van der Waals surface area contributed by atoms with Crippen molar-refractivity contribution in [1.82, 2.24) is 0 Å². The topological polar surface area (TPSA) is 46.5 Å². The van der Waals surface area contributed by atoms with Crippen molar-refractivity contribution in [3.05, 3.63) is 77.4 Å². The highest BCUT2D eigenvalue weighted by molar-refractivity contribution is 5.92. The first kappa shape index (κ1) is 22.3. The second-order valence-electron chi connectivity index (χ2n) is 6.65. The van der Waals surface area contributed by atoms with Gasteiger partial charge in [-0.1, -0.05) is 54.6 Å². The highest BCUT2D eigenvalue weighted by atomic mass is 19.4. The number of Topliss-reactive ketones (excluding diaryl/α,β-unsaturated/α-hetero) is 2. The normalized spacial score (nSPS) is 13.1. The van der Waals surface area contributed by atoms with E-state index in [2.05, 4.69) is 4.99 Å². The number of rotatable bonds is 9. The fourth-order valence-corrected chi connectivity index (χ4v) is 2.73. The van der Waals surface area contributed by atoms with Gasteiger partial charge in [-0.2, -0.15) is 13.2 Å². The van der Waals surface area contributed by atoms with E-state index in [1.807, 2.05) is 36.4 Å². The van der Waals surface area contributed by atoms with E-state index in [0.717, 1.165) is 17.7 Å². The van der Waals surface area contributed by atoms with E-state index >= 15 is 0 Å². The number of aliphatic imine (C=N–C) groups is 1. The summed E-state index contributed by atoms with van der Waals surface area (Å²) in [6, 6.07) is 13.6. The van der Waals surface area contributed by atoms with Crippen molar-refractivity contribution < 1.29 is 22.8 Å².